The molecule has 1 unspecified atom stereocenters. The lowest BCUT2D eigenvalue weighted by Crippen LogP contribution is -2.47. The summed E-state index contributed by atoms with van der Waals surface area (Å²) >= 11 is 0. The largest absolute Gasteiger partial charge is 0.385 e. The van der Waals surface area contributed by atoms with Crippen LogP contribution in [0, 0.1) is 0 Å². The summed E-state index contributed by atoms with van der Waals surface area (Å²) in [6.07, 6.45) is 1.17. The average molecular weight is 261 g/mol. The first-order chi connectivity index (χ1) is 9.20. The number of anilines is 1. The van der Waals surface area contributed by atoms with Gasteiger partial charge in [0.2, 0.25) is 5.91 Å². The van der Waals surface area contributed by atoms with Gasteiger partial charge in [0.15, 0.2) is 0 Å². The summed E-state index contributed by atoms with van der Waals surface area (Å²) in [4.78, 5) is 23.3. The van der Waals surface area contributed by atoms with Gasteiger partial charge in [-0.25, -0.2) is 0 Å². The molecule has 1 aliphatic rings. The number of carbonyl (C=O) groups is 2. The van der Waals surface area contributed by atoms with Gasteiger partial charge in [0.1, 0.15) is 0 Å². The minimum atomic E-state index is -0.0994. The Morgan fingerprint density at radius 2 is 2.21 bits per heavy atom. The molecule has 5 nitrogen and oxygen atoms in total. The van der Waals surface area contributed by atoms with Crippen LogP contribution in [0.15, 0.2) is 24.3 Å². The van der Waals surface area contributed by atoms with Crippen molar-refractivity contribution in [1.29, 1.82) is 0 Å². The molecule has 1 atom stereocenters. The van der Waals surface area contributed by atoms with Gasteiger partial charge in [-0.3, -0.25) is 9.59 Å². The summed E-state index contributed by atoms with van der Waals surface area (Å²) in [5, 5.41) is 8.89. The number of hydrogen-bond acceptors (Lipinski definition) is 3. The van der Waals surface area contributed by atoms with Gasteiger partial charge in [-0.15, -0.1) is 0 Å². The quantitative estimate of drug-likeness (QED) is 0.761. The SMILES string of the molecule is CCNc1ccccc1C(=O)NC1CCC(=O)NC1. The maximum atomic E-state index is 12.2. The standard InChI is InChI=1S/C14H19N3O2/c1-2-15-12-6-4-3-5-11(12)14(19)17-10-7-8-13(18)16-9-10/h3-6,10,15H,2,7-9H2,1H3,(H,16,18)(H,17,19). The van der Waals surface area contributed by atoms with Crippen molar-refractivity contribution < 1.29 is 9.59 Å². The van der Waals surface area contributed by atoms with Gasteiger partial charge in [0.25, 0.3) is 5.91 Å². The Balaban J connectivity index is 2.01. The summed E-state index contributed by atoms with van der Waals surface area (Å²) < 4.78 is 0. The molecule has 1 heterocycles. The second-order valence-corrected chi connectivity index (χ2v) is 4.59. The number of amides is 2. The van der Waals surface area contributed by atoms with E-state index in [1.54, 1.807) is 6.07 Å². The van der Waals surface area contributed by atoms with Crippen LogP contribution in [0.5, 0.6) is 0 Å². The fourth-order valence-electron chi connectivity index (χ4n) is 2.14. The van der Waals surface area contributed by atoms with E-state index in [9.17, 15) is 9.59 Å². The van der Waals surface area contributed by atoms with E-state index in [1.165, 1.54) is 0 Å². The average Bonchev–Trinajstić information content (AvgIpc) is 2.42. The first-order valence-corrected chi connectivity index (χ1v) is 6.61. The monoisotopic (exact) mass is 261 g/mol. The number of nitrogens with one attached hydrogen (secondary N) is 3. The summed E-state index contributed by atoms with van der Waals surface area (Å²) in [6.45, 7) is 3.27. The van der Waals surface area contributed by atoms with E-state index in [0.717, 1.165) is 12.2 Å². The molecule has 5 heteroatoms. The Hall–Kier alpha value is -2.04. The van der Waals surface area contributed by atoms with E-state index < -0.39 is 0 Å². The molecule has 0 aromatic heterocycles. The Kier molecular flexibility index (Phi) is 4.39. The van der Waals surface area contributed by atoms with Crippen LogP contribution >= 0.6 is 0 Å². The Bertz CT molecular complexity index is 464. The number of benzene rings is 1. The van der Waals surface area contributed by atoms with Crippen molar-refractivity contribution in [1.82, 2.24) is 10.6 Å². The molecule has 0 spiro atoms. The third-order valence-electron chi connectivity index (χ3n) is 3.14. The second kappa shape index (κ2) is 6.22. The minimum absolute atomic E-state index is 0.0138. The highest BCUT2D eigenvalue weighted by Crippen LogP contribution is 2.15. The van der Waals surface area contributed by atoms with Crippen LogP contribution < -0.4 is 16.0 Å². The van der Waals surface area contributed by atoms with Crippen LogP contribution in [0.25, 0.3) is 0 Å². The topological polar surface area (TPSA) is 70.2 Å². The maximum Gasteiger partial charge on any atom is 0.253 e. The number of rotatable bonds is 4. The Labute approximate surface area is 112 Å². The van der Waals surface area contributed by atoms with E-state index >= 15 is 0 Å². The molecule has 0 bridgehead atoms. The fraction of sp³-hybridized carbons (Fsp3) is 0.429. The summed E-state index contributed by atoms with van der Waals surface area (Å²) in [5.74, 6) is -0.0451. The van der Waals surface area contributed by atoms with E-state index in [4.69, 9.17) is 0 Å². The molecule has 2 amide bonds. The van der Waals surface area contributed by atoms with Crippen LogP contribution in [-0.2, 0) is 4.79 Å². The first-order valence-electron chi connectivity index (χ1n) is 6.61. The van der Waals surface area contributed by atoms with Crippen LogP contribution in [-0.4, -0.2) is 30.9 Å². The molecule has 0 radical (unpaired) electrons. The van der Waals surface area contributed by atoms with Crippen molar-refractivity contribution in [2.75, 3.05) is 18.4 Å². The van der Waals surface area contributed by atoms with E-state index in [-0.39, 0.29) is 17.9 Å². The highest BCUT2D eigenvalue weighted by atomic mass is 16.2. The second-order valence-electron chi connectivity index (χ2n) is 4.59. The minimum Gasteiger partial charge on any atom is -0.385 e. The maximum absolute atomic E-state index is 12.2. The van der Waals surface area contributed by atoms with Gasteiger partial charge in [-0.05, 0) is 25.5 Å². The van der Waals surface area contributed by atoms with Crippen molar-refractivity contribution in [2.45, 2.75) is 25.8 Å². The van der Waals surface area contributed by atoms with Gasteiger partial charge >= 0.3 is 0 Å². The molecule has 1 aromatic carbocycles. The third kappa shape index (κ3) is 3.47. The molecule has 3 N–H and O–H groups in total. The Morgan fingerprint density at radius 1 is 1.42 bits per heavy atom. The molecule has 19 heavy (non-hydrogen) atoms. The van der Waals surface area contributed by atoms with Gasteiger partial charge in [-0.1, -0.05) is 12.1 Å². The van der Waals surface area contributed by atoms with Crippen molar-refractivity contribution in [3.63, 3.8) is 0 Å². The van der Waals surface area contributed by atoms with E-state index in [1.807, 2.05) is 25.1 Å². The number of piperidine rings is 1. The van der Waals surface area contributed by atoms with Crippen LogP contribution in [0.1, 0.15) is 30.1 Å². The highest BCUT2D eigenvalue weighted by molar-refractivity contribution is 5.99. The molecule has 2 rings (SSSR count). The molecule has 1 aromatic rings. The van der Waals surface area contributed by atoms with E-state index in [0.29, 0.717) is 24.9 Å². The summed E-state index contributed by atoms with van der Waals surface area (Å²) in [6, 6.07) is 7.45. The molecule has 1 saturated heterocycles. The predicted molar refractivity (Wildman–Crippen MR) is 74.1 cm³/mol. The zero-order chi connectivity index (χ0) is 13.7. The lowest BCUT2D eigenvalue weighted by atomic mass is 10.1. The van der Waals surface area contributed by atoms with E-state index in [2.05, 4.69) is 16.0 Å². The zero-order valence-corrected chi connectivity index (χ0v) is 11.0. The molecule has 0 aliphatic carbocycles. The number of para-hydroxylation sites is 1. The molecular formula is C14H19N3O2. The van der Waals surface area contributed by atoms with Gasteiger partial charge < -0.3 is 16.0 Å². The molecule has 1 aliphatic heterocycles. The molecule has 0 saturated carbocycles. The van der Waals surface area contributed by atoms with Crippen LogP contribution in [0.3, 0.4) is 0 Å². The first kappa shape index (κ1) is 13.4. The summed E-state index contributed by atoms with van der Waals surface area (Å²) in [5.41, 5.74) is 1.48. The van der Waals surface area contributed by atoms with Crippen molar-refractivity contribution in [3.05, 3.63) is 29.8 Å². The third-order valence-corrected chi connectivity index (χ3v) is 3.14. The normalized spacial score (nSPS) is 18.6. The molecule has 1 fully saturated rings. The van der Waals surface area contributed by atoms with Gasteiger partial charge in [0.05, 0.1) is 5.56 Å². The zero-order valence-electron chi connectivity index (χ0n) is 11.0. The van der Waals surface area contributed by atoms with Crippen molar-refractivity contribution in [3.8, 4) is 0 Å². The number of carbonyl (C=O) groups excluding carboxylic acids is 2. The molecular weight excluding hydrogens is 242 g/mol. The highest BCUT2D eigenvalue weighted by Gasteiger charge is 2.21. The van der Waals surface area contributed by atoms with Crippen LogP contribution in [0.4, 0.5) is 5.69 Å². The Morgan fingerprint density at radius 3 is 2.89 bits per heavy atom. The lowest BCUT2D eigenvalue weighted by Gasteiger charge is -2.24. The predicted octanol–water partition coefficient (Wildman–Crippen LogP) is 1.13. The summed E-state index contributed by atoms with van der Waals surface area (Å²) in [7, 11) is 0. The lowest BCUT2D eigenvalue weighted by molar-refractivity contribution is -0.122. The van der Waals surface area contributed by atoms with Gasteiger partial charge in [0, 0.05) is 31.2 Å². The fourth-order valence-corrected chi connectivity index (χ4v) is 2.14. The van der Waals surface area contributed by atoms with Crippen LogP contribution in [0.2, 0.25) is 0 Å². The van der Waals surface area contributed by atoms with Crippen molar-refractivity contribution >= 4 is 17.5 Å². The smallest absolute Gasteiger partial charge is 0.253 e. The van der Waals surface area contributed by atoms with Crippen molar-refractivity contribution in [2.24, 2.45) is 0 Å². The van der Waals surface area contributed by atoms with Gasteiger partial charge in [-0.2, -0.15) is 0 Å². The number of hydrogen-bond donors (Lipinski definition) is 3. The molecule has 102 valence electrons.